The number of halogens is 2. The minimum Gasteiger partial charge on any atom is -0.310 e. The number of anilines is 1. The van der Waals surface area contributed by atoms with Gasteiger partial charge in [-0.1, -0.05) is 23.2 Å². The van der Waals surface area contributed by atoms with Crippen molar-refractivity contribution in [3.05, 3.63) is 62.0 Å². The summed E-state index contributed by atoms with van der Waals surface area (Å²) < 4.78 is 1.39. The highest BCUT2D eigenvalue weighted by molar-refractivity contribution is 7.97. The van der Waals surface area contributed by atoms with Crippen molar-refractivity contribution in [1.29, 1.82) is 0 Å². The molecule has 0 aliphatic rings. The van der Waals surface area contributed by atoms with E-state index in [1.54, 1.807) is 13.0 Å². The second-order valence-electron chi connectivity index (χ2n) is 5.51. The molecule has 0 spiro atoms. The number of aromatic amines is 1. The molecule has 3 aromatic heterocycles. The Morgan fingerprint density at radius 3 is 2.81 bits per heavy atom. The number of aromatic nitrogens is 5. The second-order valence-corrected chi connectivity index (χ2v) is 7.22. The first-order chi connectivity index (χ1) is 12.9. The first-order valence-electron chi connectivity index (χ1n) is 7.66. The number of rotatable bonds is 5. The molecule has 11 heteroatoms. The van der Waals surface area contributed by atoms with Gasteiger partial charge in [-0.25, -0.2) is 9.97 Å². The van der Waals surface area contributed by atoms with Crippen LogP contribution in [0, 0.1) is 6.92 Å². The van der Waals surface area contributed by atoms with Crippen molar-refractivity contribution in [3.63, 3.8) is 0 Å². The van der Waals surface area contributed by atoms with E-state index in [9.17, 15) is 9.59 Å². The average molecular weight is 425 g/mol. The summed E-state index contributed by atoms with van der Waals surface area (Å²) in [5.74, 6) is 1.01. The maximum atomic E-state index is 12.6. The molecule has 3 aromatic rings. The van der Waals surface area contributed by atoms with Gasteiger partial charge in [0.05, 0.1) is 21.5 Å². The lowest BCUT2D eigenvalue weighted by Gasteiger charge is -2.09. The van der Waals surface area contributed by atoms with Crippen LogP contribution in [0.15, 0.2) is 29.2 Å². The summed E-state index contributed by atoms with van der Waals surface area (Å²) in [6, 6.07) is 4.32. The monoisotopic (exact) mass is 424 g/mol. The van der Waals surface area contributed by atoms with Crippen LogP contribution in [0.1, 0.15) is 22.0 Å². The van der Waals surface area contributed by atoms with Crippen molar-refractivity contribution in [3.8, 4) is 5.82 Å². The van der Waals surface area contributed by atoms with E-state index in [1.807, 2.05) is 6.26 Å². The summed E-state index contributed by atoms with van der Waals surface area (Å²) >= 11 is 13.6. The number of amides is 1. The Hall–Kier alpha value is -2.36. The third kappa shape index (κ3) is 4.49. The van der Waals surface area contributed by atoms with E-state index in [0.717, 1.165) is 6.07 Å². The van der Waals surface area contributed by atoms with Gasteiger partial charge in [0.1, 0.15) is 17.3 Å². The molecule has 0 fully saturated rings. The molecule has 3 heterocycles. The lowest BCUT2D eigenvalue weighted by atomic mass is 10.3. The number of thioether (sulfide) groups is 1. The lowest BCUT2D eigenvalue weighted by molar-refractivity contribution is 0.102. The van der Waals surface area contributed by atoms with E-state index in [4.69, 9.17) is 23.2 Å². The Labute approximate surface area is 168 Å². The topological polar surface area (TPSA) is 106 Å². The number of hydrogen-bond acceptors (Lipinski definition) is 6. The number of aryl methyl sites for hydroxylation is 1. The molecule has 140 valence electrons. The van der Waals surface area contributed by atoms with Gasteiger partial charge in [-0.3, -0.25) is 9.59 Å². The maximum Gasteiger partial charge on any atom is 0.275 e. The summed E-state index contributed by atoms with van der Waals surface area (Å²) in [7, 11) is 0. The quantitative estimate of drug-likeness (QED) is 0.651. The van der Waals surface area contributed by atoms with E-state index in [0.29, 0.717) is 33.9 Å². The van der Waals surface area contributed by atoms with Crippen LogP contribution in [0.4, 0.5) is 5.82 Å². The van der Waals surface area contributed by atoms with Crippen molar-refractivity contribution >= 4 is 46.7 Å². The lowest BCUT2D eigenvalue weighted by Crippen LogP contribution is -2.21. The highest BCUT2D eigenvalue weighted by atomic mass is 35.5. The molecular formula is C16H14Cl2N6O2S. The van der Waals surface area contributed by atoms with Crippen LogP contribution in [0.2, 0.25) is 10.0 Å². The first-order valence-corrected chi connectivity index (χ1v) is 9.81. The minimum atomic E-state index is -0.547. The van der Waals surface area contributed by atoms with Gasteiger partial charge >= 0.3 is 0 Å². The molecule has 2 N–H and O–H groups in total. The summed E-state index contributed by atoms with van der Waals surface area (Å²) in [5.41, 5.74) is 0.245. The Bertz CT molecular complexity index is 1070. The molecule has 0 atom stereocenters. The van der Waals surface area contributed by atoms with Crippen LogP contribution in [0.25, 0.3) is 5.82 Å². The van der Waals surface area contributed by atoms with Gasteiger partial charge < -0.3 is 10.3 Å². The molecule has 0 aliphatic carbocycles. The third-order valence-corrected chi connectivity index (χ3v) is 4.41. The maximum absolute atomic E-state index is 12.6. The van der Waals surface area contributed by atoms with Crippen LogP contribution < -0.4 is 10.9 Å². The van der Waals surface area contributed by atoms with Gasteiger partial charge in [0.2, 0.25) is 0 Å². The number of hydrogen-bond donors (Lipinski definition) is 2. The zero-order chi connectivity index (χ0) is 19.6. The van der Waals surface area contributed by atoms with Crippen LogP contribution in [0.5, 0.6) is 0 Å². The SMILES string of the molecule is CSCc1nc(C(=O)Nc2cc(C)nn2-c2ncc(Cl)cc2Cl)cc(=O)[nH]1. The summed E-state index contributed by atoms with van der Waals surface area (Å²) in [5, 5.41) is 7.65. The highest BCUT2D eigenvalue weighted by Crippen LogP contribution is 2.25. The number of carbonyl (C=O) groups excluding carboxylic acids is 1. The fourth-order valence-corrected chi connectivity index (χ4v) is 3.19. The predicted octanol–water partition coefficient (Wildman–Crippen LogP) is 3.08. The van der Waals surface area contributed by atoms with Crippen LogP contribution >= 0.6 is 35.0 Å². The zero-order valence-corrected chi connectivity index (χ0v) is 16.6. The van der Waals surface area contributed by atoms with Crippen LogP contribution in [0.3, 0.4) is 0 Å². The molecule has 3 rings (SSSR count). The Morgan fingerprint density at radius 2 is 2.11 bits per heavy atom. The smallest absolute Gasteiger partial charge is 0.275 e. The van der Waals surface area contributed by atoms with Gasteiger partial charge in [0.25, 0.3) is 11.5 Å². The van der Waals surface area contributed by atoms with Crippen molar-refractivity contribution in [2.45, 2.75) is 12.7 Å². The fourth-order valence-electron chi connectivity index (χ4n) is 2.32. The van der Waals surface area contributed by atoms with Gasteiger partial charge in [-0.15, -0.1) is 0 Å². The largest absolute Gasteiger partial charge is 0.310 e. The van der Waals surface area contributed by atoms with Crippen molar-refractivity contribution in [2.75, 3.05) is 11.6 Å². The molecule has 8 nitrogen and oxygen atoms in total. The first kappa shape index (κ1) is 19.4. The molecule has 27 heavy (non-hydrogen) atoms. The van der Waals surface area contributed by atoms with Crippen molar-refractivity contribution in [2.24, 2.45) is 0 Å². The normalized spacial score (nSPS) is 10.8. The van der Waals surface area contributed by atoms with Crippen LogP contribution in [-0.4, -0.2) is 36.9 Å². The predicted molar refractivity (Wildman–Crippen MR) is 106 cm³/mol. The van der Waals surface area contributed by atoms with E-state index in [1.165, 1.54) is 28.7 Å². The Balaban J connectivity index is 1.95. The highest BCUT2D eigenvalue weighted by Gasteiger charge is 2.17. The number of nitrogens with zero attached hydrogens (tertiary/aromatic N) is 4. The van der Waals surface area contributed by atoms with E-state index in [-0.39, 0.29) is 10.7 Å². The molecule has 0 bridgehead atoms. The molecule has 0 saturated carbocycles. The zero-order valence-electron chi connectivity index (χ0n) is 14.3. The van der Waals surface area contributed by atoms with E-state index >= 15 is 0 Å². The van der Waals surface area contributed by atoms with E-state index < -0.39 is 11.5 Å². The molecule has 0 radical (unpaired) electrons. The van der Waals surface area contributed by atoms with Crippen molar-refractivity contribution in [1.82, 2.24) is 24.7 Å². The van der Waals surface area contributed by atoms with Crippen LogP contribution in [-0.2, 0) is 5.75 Å². The molecule has 0 unspecified atom stereocenters. The molecular weight excluding hydrogens is 411 g/mol. The number of carbonyl (C=O) groups is 1. The number of nitrogens with one attached hydrogen (secondary N) is 2. The number of pyridine rings is 1. The van der Waals surface area contributed by atoms with Gasteiger partial charge in [0.15, 0.2) is 5.82 Å². The second kappa shape index (κ2) is 8.12. The van der Waals surface area contributed by atoms with Gasteiger partial charge in [-0.2, -0.15) is 21.5 Å². The standard InChI is InChI=1S/C16H14Cl2N6O2S/c1-8-3-13(24(23-8)15-10(18)4-9(17)6-19-15)22-16(26)11-5-14(25)21-12(20-11)7-27-2/h3-6H,7H2,1-2H3,(H,22,26)(H,20,21,25). The van der Waals surface area contributed by atoms with Crippen molar-refractivity contribution < 1.29 is 4.79 Å². The van der Waals surface area contributed by atoms with E-state index in [2.05, 4.69) is 25.4 Å². The molecule has 1 amide bonds. The number of H-pyrrole nitrogens is 1. The average Bonchev–Trinajstić information content (AvgIpc) is 2.94. The summed E-state index contributed by atoms with van der Waals surface area (Å²) in [6.45, 7) is 1.76. The Kier molecular flexibility index (Phi) is 5.83. The third-order valence-electron chi connectivity index (χ3n) is 3.37. The molecule has 0 saturated heterocycles. The summed E-state index contributed by atoms with van der Waals surface area (Å²) in [6.07, 6.45) is 3.30. The molecule has 0 aromatic carbocycles. The summed E-state index contributed by atoms with van der Waals surface area (Å²) in [4.78, 5) is 35.3. The Morgan fingerprint density at radius 1 is 1.33 bits per heavy atom. The van der Waals surface area contributed by atoms with Gasteiger partial charge in [0, 0.05) is 18.3 Å². The minimum absolute atomic E-state index is 0.00312. The fraction of sp³-hybridized carbons (Fsp3) is 0.188. The van der Waals surface area contributed by atoms with Gasteiger partial charge in [-0.05, 0) is 19.2 Å². The molecule has 0 aliphatic heterocycles.